The summed E-state index contributed by atoms with van der Waals surface area (Å²) in [6.45, 7) is 0. The van der Waals surface area contributed by atoms with Crippen molar-refractivity contribution < 1.29 is 14.3 Å². The number of carbonyl (C=O) groups is 2. The molecule has 1 aromatic heterocycles. The first-order valence-corrected chi connectivity index (χ1v) is 3.46. The smallest absolute Gasteiger partial charge is 0.380 e. The monoisotopic (exact) mass is 163 g/mol. The van der Waals surface area contributed by atoms with Crippen molar-refractivity contribution in [3.8, 4) is 5.75 Å². The highest BCUT2D eigenvalue weighted by Crippen LogP contribution is 2.20. The summed E-state index contributed by atoms with van der Waals surface area (Å²) in [6.07, 6.45) is 1.61. The largest absolute Gasteiger partial charge is 0.419 e. The van der Waals surface area contributed by atoms with E-state index < -0.39 is 11.8 Å². The van der Waals surface area contributed by atoms with Crippen molar-refractivity contribution >= 4 is 11.8 Å². The molecule has 4 heteroatoms. The van der Waals surface area contributed by atoms with Crippen LogP contribution in [0.15, 0.2) is 18.3 Å². The highest BCUT2D eigenvalue weighted by atomic mass is 16.5. The van der Waals surface area contributed by atoms with Gasteiger partial charge in [0.25, 0.3) is 0 Å². The molecule has 2 rings (SSSR count). The van der Waals surface area contributed by atoms with E-state index in [1.165, 1.54) is 0 Å². The predicted octanol–water partition coefficient (Wildman–Crippen LogP) is 0.112. The van der Waals surface area contributed by atoms with Gasteiger partial charge < -0.3 is 4.74 Å². The molecule has 12 heavy (non-hydrogen) atoms. The van der Waals surface area contributed by atoms with Crippen LogP contribution in [0.4, 0.5) is 0 Å². The molecule has 0 fully saturated rings. The van der Waals surface area contributed by atoms with E-state index in [2.05, 4.69) is 4.98 Å². The van der Waals surface area contributed by atoms with Gasteiger partial charge in [-0.2, -0.15) is 0 Å². The molecule has 2 heterocycles. The molecule has 0 unspecified atom stereocenters. The van der Waals surface area contributed by atoms with Gasteiger partial charge in [-0.05, 0) is 12.1 Å². The van der Waals surface area contributed by atoms with Crippen molar-refractivity contribution in [2.24, 2.45) is 0 Å². The second-order valence-electron chi connectivity index (χ2n) is 2.44. The Morgan fingerprint density at radius 2 is 2.25 bits per heavy atom. The first-order chi connectivity index (χ1) is 5.77. The number of ketones is 1. The molecule has 4 nitrogen and oxygen atoms in total. The van der Waals surface area contributed by atoms with Crippen LogP contribution < -0.4 is 4.74 Å². The lowest BCUT2D eigenvalue weighted by molar-refractivity contribution is -0.147. The molecule has 0 saturated heterocycles. The summed E-state index contributed by atoms with van der Waals surface area (Å²) in [4.78, 5) is 25.5. The van der Waals surface area contributed by atoms with E-state index in [1.54, 1.807) is 18.3 Å². The molecular weight excluding hydrogens is 158 g/mol. The van der Waals surface area contributed by atoms with E-state index in [9.17, 15) is 9.59 Å². The molecule has 0 saturated carbocycles. The second kappa shape index (κ2) is 2.41. The average molecular weight is 163 g/mol. The van der Waals surface area contributed by atoms with E-state index in [4.69, 9.17) is 4.74 Å². The number of aromatic nitrogens is 1. The van der Waals surface area contributed by atoms with Crippen molar-refractivity contribution in [3.05, 3.63) is 24.0 Å². The molecule has 1 aliphatic rings. The number of esters is 1. The number of hydrogen-bond donors (Lipinski definition) is 0. The minimum Gasteiger partial charge on any atom is -0.419 e. The van der Waals surface area contributed by atoms with Crippen molar-refractivity contribution in [1.82, 2.24) is 4.98 Å². The molecule has 60 valence electrons. The van der Waals surface area contributed by atoms with Gasteiger partial charge in [0.1, 0.15) is 0 Å². The Balaban J connectivity index is 2.47. The van der Waals surface area contributed by atoms with Crippen LogP contribution in [0.25, 0.3) is 0 Å². The Kier molecular flexibility index (Phi) is 1.40. The number of hydrogen-bond acceptors (Lipinski definition) is 4. The van der Waals surface area contributed by atoms with Crippen molar-refractivity contribution in [2.45, 2.75) is 6.42 Å². The van der Waals surface area contributed by atoms with Crippen LogP contribution in [0.2, 0.25) is 0 Å². The first kappa shape index (κ1) is 6.97. The van der Waals surface area contributed by atoms with Crippen molar-refractivity contribution in [3.63, 3.8) is 0 Å². The molecule has 0 aromatic carbocycles. The zero-order valence-electron chi connectivity index (χ0n) is 6.11. The van der Waals surface area contributed by atoms with Gasteiger partial charge in [-0.15, -0.1) is 0 Å². The normalized spacial score (nSPS) is 15.3. The molecule has 0 spiro atoms. The fourth-order valence-electron chi connectivity index (χ4n) is 1.03. The third-order valence-corrected chi connectivity index (χ3v) is 1.61. The summed E-state index contributed by atoms with van der Waals surface area (Å²) in [6, 6.07) is 3.27. The van der Waals surface area contributed by atoms with Gasteiger partial charge in [-0.25, -0.2) is 4.79 Å². The van der Waals surface area contributed by atoms with Crippen LogP contribution in [-0.4, -0.2) is 16.7 Å². The number of Topliss-reactive ketones (excluding diaryl/α,β-unsaturated/α-hetero) is 1. The highest BCUT2D eigenvalue weighted by Gasteiger charge is 2.25. The predicted molar refractivity (Wildman–Crippen MR) is 38.6 cm³/mol. The Hall–Kier alpha value is -1.71. The molecule has 1 aromatic rings. The fraction of sp³-hybridized carbons (Fsp3) is 0.125. The zero-order chi connectivity index (χ0) is 8.55. The lowest BCUT2D eigenvalue weighted by atomic mass is 10.1. The maximum absolute atomic E-state index is 10.8. The average Bonchev–Trinajstić information content (AvgIpc) is 2.07. The van der Waals surface area contributed by atoms with Gasteiger partial charge in [0.15, 0.2) is 5.75 Å². The lowest BCUT2D eigenvalue weighted by Crippen LogP contribution is -2.27. The summed E-state index contributed by atoms with van der Waals surface area (Å²) in [5.41, 5.74) is 0.530. The van der Waals surface area contributed by atoms with E-state index in [-0.39, 0.29) is 6.42 Å². The number of carbonyl (C=O) groups excluding carboxylic acids is 2. The number of rotatable bonds is 0. The third-order valence-electron chi connectivity index (χ3n) is 1.61. The van der Waals surface area contributed by atoms with Gasteiger partial charge in [-0.3, -0.25) is 9.78 Å². The molecule has 1 aliphatic heterocycles. The summed E-state index contributed by atoms with van der Waals surface area (Å²) in [7, 11) is 0. The van der Waals surface area contributed by atoms with Crippen molar-refractivity contribution in [1.29, 1.82) is 0 Å². The number of fused-ring (bicyclic) bond motifs is 1. The third kappa shape index (κ3) is 0.972. The number of ether oxygens (including phenoxy) is 1. The summed E-state index contributed by atoms with van der Waals surface area (Å²) < 4.78 is 4.69. The van der Waals surface area contributed by atoms with Gasteiger partial charge in [0, 0.05) is 6.20 Å². The molecule has 0 radical (unpaired) electrons. The van der Waals surface area contributed by atoms with E-state index in [1.807, 2.05) is 0 Å². The van der Waals surface area contributed by atoms with Crippen LogP contribution in [0.3, 0.4) is 0 Å². The van der Waals surface area contributed by atoms with Gasteiger partial charge >= 0.3 is 5.97 Å². The standard InChI is InChI=1S/C8H5NO3/c10-6-4-5-7(12-8(6)11)2-1-3-9-5/h1-3H,4H2. The van der Waals surface area contributed by atoms with E-state index in [0.29, 0.717) is 11.4 Å². The number of nitrogens with zero attached hydrogens (tertiary/aromatic N) is 1. The van der Waals surface area contributed by atoms with Crippen molar-refractivity contribution in [2.75, 3.05) is 0 Å². The van der Waals surface area contributed by atoms with Crippen LogP contribution in [0, 0.1) is 0 Å². The van der Waals surface area contributed by atoms with Crippen LogP contribution in [-0.2, 0) is 16.0 Å². The summed E-state index contributed by atoms with van der Waals surface area (Å²) >= 11 is 0. The maximum Gasteiger partial charge on any atom is 0.380 e. The Morgan fingerprint density at radius 1 is 1.42 bits per heavy atom. The summed E-state index contributed by atoms with van der Waals surface area (Å²) in [5.74, 6) is -0.946. The van der Waals surface area contributed by atoms with Crippen LogP contribution >= 0.6 is 0 Å². The molecule has 0 N–H and O–H groups in total. The van der Waals surface area contributed by atoms with E-state index >= 15 is 0 Å². The van der Waals surface area contributed by atoms with Crippen LogP contribution in [0.1, 0.15) is 5.69 Å². The second-order valence-corrected chi connectivity index (χ2v) is 2.44. The quantitative estimate of drug-likeness (QED) is 0.402. The first-order valence-electron chi connectivity index (χ1n) is 3.46. The minimum atomic E-state index is -0.796. The maximum atomic E-state index is 10.8. The topological polar surface area (TPSA) is 56.3 Å². The van der Waals surface area contributed by atoms with Gasteiger partial charge in [-0.1, -0.05) is 0 Å². The molecule has 0 bridgehead atoms. The lowest BCUT2D eigenvalue weighted by Gasteiger charge is -2.11. The zero-order valence-corrected chi connectivity index (χ0v) is 6.11. The van der Waals surface area contributed by atoms with Gasteiger partial charge in [0.2, 0.25) is 5.78 Å². The molecule has 0 atom stereocenters. The van der Waals surface area contributed by atoms with Gasteiger partial charge in [0.05, 0.1) is 12.1 Å². The Morgan fingerprint density at radius 3 is 3.08 bits per heavy atom. The highest BCUT2D eigenvalue weighted by molar-refractivity contribution is 6.35. The Labute approximate surface area is 68.2 Å². The number of pyridine rings is 1. The Bertz CT molecular complexity index is 324. The van der Waals surface area contributed by atoms with E-state index in [0.717, 1.165) is 0 Å². The SMILES string of the molecule is O=C1Cc2ncccc2OC1=O. The fourth-order valence-corrected chi connectivity index (χ4v) is 1.03. The molecular formula is C8H5NO3. The summed E-state index contributed by atoms with van der Waals surface area (Å²) in [5, 5.41) is 0. The minimum absolute atomic E-state index is 0.0506. The molecule has 0 amide bonds. The van der Waals surface area contributed by atoms with Crippen LogP contribution in [0.5, 0.6) is 5.75 Å². The molecule has 0 aliphatic carbocycles.